The molecule has 0 aliphatic heterocycles. The lowest BCUT2D eigenvalue weighted by molar-refractivity contribution is 0.115. The Morgan fingerprint density at radius 1 is 1.37 bits per heavy atom. The highest BCUT2D eigenvalue weighted by Gasteiger charge is 2.13. The van der Waals surface area contributed by atoms with Crippen LogP contribution >= 0.6 is 0 Å². The normalized spacial score (nSPS) is 14.2. The third kappa shape index (κ3) is 4.62. The summed E-state index contributed by atoms with van der Waals surface area (Å²) in [5.74, 6) is -0.146. The summed E-state index contributed by atoms with van der Waals surface area (Å²) in [6.45, 7) is 6.43. The smallest absolute Gasteiger partial charge is 0.129 e. The summed E-state index contributed by atoms with van der Waals surface area (Å²) in [5, 5.41) is 21.5. The number of aliphatic hydroxyl groups excluding tert-OH is 1. The average molecular weight is 264 g/mol. The van der Waals surface area contributed by atoms with Crippen LogP contribution in [-0.2, 0) is 0 Å². The summed E-state index contributed by atoms with van der Waals surface area (Å²) in [6.07, 6.45) is 0.297. The average Bonchev–Trinajstić information content (AvgIpc) is 2.37. The van der Waals surface area contributed by atoms with Crippen molar-refractivity contribution in [1.29, 1.82) is 5.26 Å². The van der Waals surface area contributed by atoms with Crippen LogP contribution in [0.25, 0.3) is 0 Å². The number of aliphatic hydroxyl groups is 1. The van der Waals surface area contributed by atoms with E-state index in [9.17, 15) is 9.50 Å². The van der Waals surface area contributed by atoms with E-state index in [1.54, 1.807) is 12.1 Å². The van der Waals surface area contributed by atoms with E-state index in [1.807, 2.05) is 26.8 Å². The molecule has 3 nitrogen and oxygen atoms in total. The van der Waals surface area contributed by atoms with Crippen LogP contribution < -0.4 is 5.32 Å². The van der Waals surface area contributed by atoms with Gasteiger partial charge >= 0.3 is 0 Å². The number of nitrogens with one attached hydrogen (secondary N) is 1. The van der Waals surface area contributed by atoms with Gasteiger partial charge in [0.15, 0.2) is 0 Å². The predicted octanol–water partition coefficient (Wildman–Crippen LogP) is 2.75. The molecule has 19 heavy (non-hydrogen) atoms. The van der Waals surface area contributed by atoms with Crippen molar-refractivity contribution in [3.8, 4) is 6.07 Å². The van der Waals surface area contributed by atoms with Gasteiger partial charge in [0.2, 0.25) is 0 Å². The maximum absolute atomic E-state index is 13.8. The maximum Gasteiger partial charge on any atom is 0.129 e. The van der Waals surface area contributed by atoms with Crippen molar-refractivity contribution in [3.63, 3.8) is 0 Å². The molecule has 0 saturated carbocycles. The summed E-state index contributed by atoms with van der Waals surface area (Å²) < 4.78 is 13.8. The molecule has 0 spiro atoms. The third-order valence-electron chi connectivity index (χ3n) is 3.26. The number of halogens is 1. The van der Waals surface area contributed by atoms with Crippen LogP contribution in [-0.4, -0.2) is 17.8 Å². The molecule has 4 heteroatoms. The molecule has 104 valence electrons. The minimum atomic E-state index is -0.372. The van der Waals surface area contributed by atoms with Gasteiger partial charge in [0.1, 0.15) is 5.82 Å². The molecule has 0 aliphatic rings. The second-order valence-corrected chi connectivity index (χ2v) is 5.12. The molecule has 0 bridgehead atoms. The zero-order valence-electron chi connectivity index (χ0n) is 11.7. The Balaban J connectivity index is 2.54. The lowest BCUT2D eigenvalue weighted by Gasteiger charge is -2.18. The van der Waals surface area contributed by atoms with Crippen LogP contribution in [0.3, 0.4) is 0 Å². The fourth-order valence-electron chi connectivity index (χ4n) is 1.84. The monoisotopic (exact) mass is 264 g/mol. The van der Waals surface area contributed by atoms with Crippen LogP contribution in [0.2, 0.25) is 0 Å². The molecule has 2 atom stereocenters. The second kappa shape index (κ2) is 7.22. The SMILES string of the molecule is CC(NCCC(O)C(C)C)c1ccc(C#N)cc1F. The van der Waals surface area contributed by atoms with Crippen molar-refractivity contribution in [1.82, 2.24) is 5.32 Å². The summed E-state index contributed by atoms with van der Waals surface area (Å²) in [7, 11) is 0. The van der Waals surface area contributed by atoms with Gasteiger partial charge in [-0.05, 0) is 37.9 Å². The minimum Gasteiger partial charge on any atom is -0.393 e. The van der Waals surface area contributed by atoms with E-state index in [1.165, 1.54) is 6.07 Å². The standard InChI is InChI=1S/C15H21FN2O/c1-10(2)15(19)6-7-18-11(3)13-5-4-12(9-17)8-14(13)16/h4-5,8,10-11,15,18-19H,6-7H2,1-3H3. The van der Waals surface area contributed by atoms with E-state index in [0.717, 1.165) is 0 Å². The van der Waals surface area contributed by atoms with Gasteiger partial charge in [-0.1, -0.05) is 19.9 Å². The first-order valence-corrected chi connectivity index (χ1v) is 6.56. The predicted molar refractivity (Wildman–Crippen MR) is 73.0 cm³/mol. The van der Waals surface area contributed by atoms with Gasteiger partial charge in [0, 0.05) is 11.6 Å². The Morgan fingerprint density at radius 2 is 2.05 bits per heavy atom. The highest BCUT2D eigenvalue weighted by atomic mass is 19.1. The Hall–Kier alpha value is -1.44. The van der Waals surface area contributed by atoms with Crippen LogP contribution in [0.1, 0.15) is 44.4 Å². The van der Waals surface area contributed by atoms with E-state index >= 15 is 0 Å². The molecule has 2 N–H and O–H groups in total. The quantitative estimate of drug-likeness (QED) is 0.830. The molecule has 0 amide bonds. The Morgan fingerprint density at radius 3 is 2.58 bits per heavy atom. The van der Waals surface area contributed by atoms with Gasteiger partial charge in [-0.3, -0.25) is 0 Å². The van der Waals surface area contributed by atoms with Crippen LogP contribution in [0.15, 0.2) is 18.2 Å². The zero-order chi connectivity index (χ0) is 14.4. The number of hydrogen-bond donors (Lipinski definition) is 2. The summed E-state index contributed by atoms with van der Waals surface area (Å²) in [4.78, 5) is 0. The van der Waals surface area contributed by atoms with Gasteiger partial charge in [0.05, 0.1) is 17.7 Å². The summed E-state index contributed by atoms with van der Waals surface area (Å²) in [6, 6.07) is 6.25. The molecule has 1 aromatic carbocycles. The largest absolute Gasteiger partial charge is 0.393 e. The number of nitriles is 1. The molecular formula is C15H21FN2O. The number of benzene rings is 1. The van der Waals surface area contributed by atoms with Gasteiger partial charge in [0.25, 0.3) is 0 Å². The van der Waals surface area contributed by atoms with E-state index in [0.29, 0.717) is 24.1 Å². The lowest BCUT2D eigenvalue weighted by Crippen LogP contribution is -2.26. The highest BCUT2D eigenvalue weighted by molar-refractivity contribution is 5.34. The maximum atomic E-state index is 13.8. The summed E-state index contributed by atoms with van der Waals surface area (Å²) in [5.41, 5.74) is 0.863. The molecule has 1 aromatic rings. The lowest BCUT2D eigenvalue weighted by atomic mass is 10.0. The topological polar surface area (TPSA) is 56.0 Å². The Kier molecular flexibility index (Phi) is 5.94. The molecular weight excluding hydrogens is 243 g/mol. The number of rotatable bonds is 6. The van der Waals surface area contributed by atoms with Crippen molar-refractivity contribution in [2.24, 2.45) is 5.92 Å². The van der Waals surface area contributed by atoms with Gasteiger partial charge in [-0.15, -0.1) is 0 Å². The van der Waals surface area contributed by atoms with Gasteiger partial charge in [-0.2, -0.15) is 5.26 Å². The Labute approximate surface area is 114 Å². The number of nitrogens with zero attached hydrogens (tertiary/aromatic N) is 1. The fourth-order valence-corrected chi connectivity index (χ4v) is 1.84. The molecule has 0 heterocycles. The van der Waals surface area contributed by atoms with Crippen molar-refractivity contribution in [3.05, 3.63) is 35.1 Å². The van der Waals surface area contributed by atoms with Crippen LogP contribution in [0.5, 0.6) is 0 Å². The Bertz CT molecular complexity index is 454. The van der Waals surface area contributed by atoms with E-state index < -0.39 is 0 Å². The van der Waals surface area contributed by atoms with Crippen molar-refractivity contribution < 1.29 is 9.50 Å². The molecule has 0 aliphatic carbocycles. The van der Waals surface area contributed by atoms with Crippen molar-refractivity contribution in [2.45, 2.75) is 39.3 Å². The minimum absolute atomic E-state index is 0.146. The van der Waals surface area contributed by atoms with E-state index in [-0.39, 0.29) is 23.9 Å². The molecule has 0 fully saturated rings. The number of hydrogen-bond acceptors (Lipinski definition) is 3. The first-order chi connectivity index (χ1) is 8.95. The first-order valence-electron chi connectivity index (χ1n) is 6.56. The van der Waals surface area contributed by atoms with E-state index in [4.69, 9.17) is 5.26 Å². The van der Waals surface area contributed by atoms with Gasteiger partial charge < -0.3 is 10.4 Å². The van der Waals surface area contributed by atoms with Crippen LogP contribution in [0, 0.1) is 23.1 Å². The van der Waals surface area contributed by atoms with Crippen molar-refractivity contribution >= 4 is 0 Å². The van der Waals surface area contributed by atoms with Crippen molar-refractivity contribution in [2.75, 3.05) is 6.54 Å². The molecule has 0 radical (unpaired) electrons. The molecule has 0 saturated heterocycles. The second-order valence-electron chi connectivity index (χ2n) is 5.12. The van der Waals surface area contributed by atoms with Crippen LogP contribution in [0.4, 0.5) is 4.39 Å². The molecule has 0 aromatic heterocycles. The summed E-state index contributed by atoms with van der Waals surface area (Å²) >= 11 is 0. The molecule has 1 rings (SSSR count). The van der Waals surface area contributed by atoms with E-state index in [2.05, 4.69) is 5.32 Å². The fraction of sp³-hybridized carbons (Fsp3) is 0.533. The highest BCUT2D eigenvalue weighted by Crippen LogP contribution is 2.18. The van der Waals surface area contributed by atoms with Gasteiger partial charge in [-0.25, -0.2) is 4.39 Å². The first kappa shape index (κ1) is 15.6. The zero-order valence-corrected chi connectivity index (χ0v) is 11.7. The third-order valence-corrected chi connectivity index (χ3v) is 3.26. The molecule has 2 unspecified atom stereocenters.